The first-order valence-electron chi connectivity index (χ1n) is 5.50. The zero-order chi connectivity index (χ0) is 13.8. The summed E-state index contributed by atoms with van der Waals surface area (Å²) in [5.41, 5.74) is 0. The molecular formula is C11H17NO4S2. The van der Waals surface area contributed by atoms with Crippen LogP contribution >= 0.6 is 11.3 Å². The number of hydrogen-bond donors (Lipinski definition) is 1. The number of methoxy groups -OCH3 is 1. The Morgan fingerprint density at radius 2 is 2.17 bits per heavy atom. The highest BCUT2D eigenvalue weighted by atomic mass is 32.2. The number of thiophene rings is 1. The first-order chi connectivity index (χ1) is 8.36. The molecule has 5 nitrogen and oxygen atoms in total. The predicted octanol–water partition coefficient (Wildman–Crippen LogP) is 1.61. The van der Waals surface area contributed by atoms with Crippen molar-refractivity contribution in [2.24, 2.45) is 5.92 Å². The summed E-state index contributed by atoms with van der Waals surface area (Å²) in [7, 11) is -2.40. The maximum absolute atomic E-state index is 12.0. The summed E-state index contributed by atoms with van der Waals surface area (Å²) in [6.45, 7) is 3.82. The number of hydrogen-bond acceptors (Lipinski definition) is 5. The van der Waals surface area contributed by atoms with Gasteiger partial charge in [-0.25, -0.2) is 8.42 Å². The molecule has 1 atom stereocenters. The van der Waals surface area contributed by atoms with Gasteiger partial charge in [-0.05, 0) is 23.8 Å². The van der Waals surface area contributed by atoms with Crippen LogP contribution in [-0.4, -0.2) is 27.5 Å². The minimum atomic E-state index is -3.65. The molecule has 1 aromatic rings. The molecule has 0 bridgehead atoms. The summed E-state index contributed by atoms with van der Waals surface area (Å²) in [6.07, 6.45) is 0.400. The molecule has 0 saturated carbocycles. The van der Waals surface area contributed by atoms with Crippen LogP contribution in [0.2, 0.25) is 0 Å². The van der Waals surface area contributed by atoms with Gasteiger partial charge in [0.1, 0.15) is 10.3 Å². The van der Waals surface area contributed by atoms with Crippen LogP contribution in [-0.2, 0) is 19.6 Å². The third-order valence-corrected chi connectivity index (χ3v) is 5.12. The maximum Gasteiger partial charge on any atom is 0.323 e. The minimum Gasteiger partial charge on any atom is -0.468 e. The Morgan fingerprint density at radius 1 is 1.50 bits per heavy atom. The molecule has 7 heteroatoms. The number of nitrogens with one attached hydrogen (secondary N) is 1. The van der Waals surface area contributed by atoms with Gasteiger partial charge in [0.15, 0.2) is 0 Å². The van der Waals surface area contributed by atoms with E-state index in [0.29, 0.717) is 6.42 Å². The van der Waals surface area contributed by atoms with Crippen LogP contribution in [0, 0.1) is 5.92 Å². The summed E-state index contributed by atoms with van der Waals surface area (Å²) in [4.78, 5) is 11.5. The average molecular weight is 291 g/mol. The first kappa shape index (κ1) is 15.1. The lowest BCUT2D eigenvalue weighted by Gasteiger charge is -2.17. The van der Waals surface area contributed by atoms with Crippen molar-refractivity contribution in [2.75, 3.05) is 7.11 Å². The van der Waals surface area contributed by atoms with Crippen LogP contribution in [0.5, 0.6) is 0 Å². The minimum absolute atomic E-state index is 0.181. The topological polar surface area (TPSA) is 72.5 Å². The first-order valence-corrected chi connectivity index (χ1v) is 7.86. The van der Waals surface area contributed by atoms with Gasteiger partial charge in [0.05, 0.1) is 7.11 Å². The molecule has 0 saturated heterocycles. The lowest BCUT2D eigenvalue weighted by atomic mass is 10.1. The van der Waals surface area contributed by atoms with Crippen molar-refractivity contribution in [3.8, 4) is 0 Å². The van der Waals surface area contributed by atoms with Crippen molar-refractivity contribution in [3.05, 3.63) is 17.5 Å². The van der Waals surface area contributed by atoms with E-state index >= 15 is 0 Å². The van der Waals surface area contributed by atoms with Crippen molar-refractivity contribution < 1.29 is 17.9 Å². The molecule has 1 aromatic heterocycles. The fourth-order valence-corrected chi connectivity index (χ4v) is 3.67. The smallest absolute Gasteiger partial charge is 0.323 e. The second-order valence-corrected chi connectivity index (χ2v) is 7.15. The van der Waals surface area contributed by atoms with Gasteiger partial charge >= 0.3 is 5.97 Å². The van der Waals surface area contributed by atoms with E-state index in [1.54, 1.807) is 11.4 Å². The average Bonchev–Trinajstić information content (AvgIpc) is 2.80. The van der Waals surface area contributed by atoms with Crippen LogP contribution in [0.25, 0.3) is 0 Å². The molecule has 0 aliphatic carbocycles. The standard InChI is InChI=1S/C11H17NO4S2/c1-8(2)7-9(11(13)16-3)12-18(14,15)10-5-4-6-17-10/h4-6,8-9,12H,7H2,1-3H3/t9-/m0/s1. The van der Waals surface area contributed by atoms with E-state index in [0.717, 1.165) is 11.3 Å². The van der Waals surface area contributed by atoms with Gasteiger partial charge in [-0.15, -0.1) is 11.3 Å². The second kappa shape index (κ2) is 6.31. The molecule has 1 N–H and O–H groups in total. The highest BCUT2D eigenvalue weighted by molar-refractivity contribution is 7.91. The Labute approximate surface area is 111 Å². The van der Waals surface area contributed by atoms with Crippen molar-refractivity contribution in [1.29, 1.82) is 0 Å². The van der Waals surface area contributed by atoms with Crippen LogP contribution in [0.4, 0.5) is 0 Å². The number of rotatable bonds is 6. The van der Waals surface area contributed by atoms with Crippen molar-refractivity contribution in [1.82, 2.24) is 4.72 Å². The third kappa shape index (κ3) is 4.08. The molecule has 0 spiro atoms. The molecule has 18 heavy (non-hydrogen) atoms. The number of ether oxygens (including phenoxy) is 1. The second-order valence-electron chi connectivity index (χ2n) is 4.26. The van der Waals surface area contributed by atoms with Crippen molar-refractivity contribution in [3.63, 3.8) is 0 Å². The summed E-state index contributed by atoms with van der Waals surface area (Å²) >= 11 is 1.11. The van der Waals surface area contributed by atoms with E-state index < -0.39 is 22.0 Å². The zero-order valence-corrected chi connectivity index (χ0v) is 12.2. The van der Waals surface area contributed by atoms with Crippen LogP contribution in [0.3, 0.4) is 0 Å². The molecule has 0 amide bonds. The monoisotopic (exact) mass is 291 g/mol. The van der Waals surface area contributed by atoms with Gasteiger partial charge in [-0.3, -0.25) is 4.79 Å². The van der Waals surface area contributed by atoms with Crippen LogP contribution < -0.4 is 4.72 Å². The van der Waals surface area contributed by atoms with E-state index in [2.05, 4.69) is 9.46 Å². The van der Waals surface area contributed by atoms with Gasteiger partial charge < -0.3 is 4.74 Å². The lowest BCUT2D eigenvalue weighted by Crippen LogP contribution is -2.42. The molecule has 1 heterocycles. The molecule has 0 radical (unpaired) electrons. The van der Waals surface area contributed by atoms with Crippen LogP contribution in [0.15, 0.2) is 21.7 Å². The van der Waals surface area contributed by atoms with E-state index in [4.69, 9.17) is 0 Å². The van der Waals surface area contributed by atoms with E-state index in [-0.39, 0.29) is 10.1 Å². The van der Waals surface area contributed by atoms with E-state index in [9.17, 15) is 13.2 Å². The number of carbonyl (C=O) groups excluding carboxylic acids is 1. The number of sulfonamides is 1. The lowest BCUT2D eigenvalue weighted by molar-refractivity contribution is -0.143. The molecule has 102 valence electrons. The van der Waals surface area contributed by atoms with Gasteiger partial charge in [-0.1, -0.05) is 19.9 Å². The van der Waals surface area contributed by atoms with E-state index in [1.807, 2.05) is 13.8 Å². The molecule has 1 rings (SSSR count). The number of esters is 1. The van der Waals surface area contributed by atoms with Crippen LogP contribution in [0.1, 0.15) is 20.3 Å². The van der Waals surface area contributed by atoms with Crippen molar-refractivity contribution >= 4 is 27.3 Å². The fourth-order valence-electron chi connectivity index (χ4n) is 1.47. The summed E-state index contributed by atoms with van der Waals surface area (Å²) in [6, 6.07) is 2.30. The van der Waals surface area contributed by atoms with Crippen molar-refractivity contribution in [2.45, 2.75) is 30.5 Å². The summed E-state index contributed by atoms with van der Waals surface area (Å²) in [5, 5.41) is 1.67. The molecule has 0 aliphatic rings. The molecule has 0 unspecified atom stereocenters. The Bertz CT molecular complexity index is 479. The molecule has 0 aromatic carbocycles. The summed E-state index contributed by atoms with van der Waals surface area (Å²) < 4.78 is 31.2. The Balaban J connectivity index is 2.86. The fraction of sp³-hybridized carbons (Fsp3) is 0.545. The van der Waals surface area contributed by atoms with Gasteiger partial charge in [0.2, 0.25) is 0 Å². The maximum atomic E-state index is 12.0. The van der Waals surface area contributed by atoms with Gasteiger partial charge in [0, 0.05) is 0 Å². The SMILES string of the molecule is COC(=O)[C@H](CC(C)C)NS(=O)(=O)c1cccs1. The Hall–Kier alpha value is -0.920. The third-order valence-electron chi connectivity index (χ3n) is 2.25. The normalized spacial score (nSPS) is 13.6. The molecule has 0 fully saturated rings. The highest BCUT2D eigenvalue weighted by Crippen LogP contribution is 2.17. The van der Waals surface area contributed by atoms with Gasteiger partial charge in [0.25, 0.3) is 10.0 Å². The molecular weight excluding hydrogens is 274 g/mol. The Morgan fingerprint density at radius 3 is 2.61 bits per heavy atom. The highest BCUT2D eigenvalue weighted by Gasteiger charge is 2.27. The predicted molar refractivity (Wildman–Crippen MR) is 69.9 cm³/mol. The zero-order valence-electron chi connectivity index (χ0n) is 10.5. The van der Waals surface area contributed by atoms with Gasteiger partial charge in [-0.2, -0.15) is 4.72 Å². The number of carbonyl (C=O) groups is 1. The summed E-state index contributed by atoms with van der Waals surface area (Å²) in [5.74, 6) is -0.385. The van der Waals surface area contributed by atoms with E-state index in [1.165, 1.54) is 13.2 Å². The molecule has 0 aliphatic heterocycles. The Kier molecular flexibility index (Phi) is 5.30. The quantitative estimate of drug-likeness (QED) is 0.808. The largest absolute Gasteiger partial charge is 0.468 e.